The molecule has 1 aliphatic carbocycles. The van der Waals surface area contributed by atoms with Gasteiger partial charge in [-0.15, -0.1) is 0 Å². The first-order valence-electron chi connectivity index (χ1n) is 6.31. The molecule has 0 bridgehead atoms. The molecule has 2 aliphatic rings. The Morgan fingerprint density at radius 3 is 2.65 bits per heavy atom. The van der Waals surface area contributed by atoms with Crippen molar-refractivity contribution >= 4 is 11.8 Å². The SMILES string of the molecule is CC1(C)CC1NC(=O)C(=O)N1CCCNCC1. The molecule has 5 heteroatoms. The Morgan fingerprint density at radius 2 is 2.00 bits per heavy atom. The molecule has 1 heterocycles. The summed E-state index contributed by atoms with van der Waals surface area (Å²) in [6, 6.07) is 0.170. The van der Waals surface area contributed by atoms with Gasteiger partial charge in [-0.2, -0.15) is 0 Å². The van der Waals surface area contributed by atoms with E-state index in [4.69, 9.17) is 0 Å². The fourth-order valence-electron chi connectivity index (χ4n) is 2.13. The van der Waals surface area contributed by atoms with E-state index in [2.05, 4.69) is 24.5 Å². The average Bonchev–Trinajstić information content (AvgIpc) is 2.95. The molecule has 17 heavy (non-hydrogen) atoms. The zero-order valence-electron chi connectivity index (χ0n) is 10.6. The molecule has 0 aromatic heterocycles. The van der Waals surface area contributed by atoms with Crippen LogP contribution in [0.25, 0.3) is 0 Å². The zero-order valence-corrected chi connectivity index (χ0v) is 10.6. The van der Waals surface area contributed by atoms with Crippen molar-refractivity contribution in [2.24, 2.45) is 5.41 Å². The average molecular weight is 239 g/mol. The summed E-state index contributed by atoms with van der Waals surface area (Å²) in [4.78, 5) is 25.3. The van der Waals surface area contributed by atoms with Gasteiger partial charge >= 0.3 is 11.8 Å². The molecule has 2 N–H and O–H groups in total. The van der Waals surface area contributed by atoms with Crippen molar-refractivity contribution in [2.45, 2.75) is 32.7 Å². The monoisotopic (exact) mass is 239 g/mol. The number of hydrogen-bond donors (Lipinski definition) is 2. The molecule has 0 aromatic carbocycles. The quantitative estimate of drug-likeness (QED) is 0.619. The van der Waals surface area contributed by atoms with Gasteiger partial charge in [-0.25, -0.2) is 0 Å². The van der Waals surface area contributed by atoms with Gasteiger partial charge in [0.05, 0.1) is 0 Å². The molecule has 0 aromatic rings. The zero-order chi connectivity index (χ0) is 12.5. The highest BCUT2D eigenvalue weighted by atomic mass is 16.2. The lowest BCUT2D eigenvalue weighted by atomic mass is 10.2. The second-order valence-corrected chi connectivity index (χ2v) is 5.61. The lowest BCUT2D eigenvalue weighted by Gasteiger charge is -2.19. The number of carbonyl (C=O) groups is 2. The molecule has 0 spiro atoms. The van der Waals surface area contributed by atoms with Crippen LogP contribution in [0.5, 0.6) is 0 Å². The van der Waals surface area contributed by atoms with E-state index < -0.39 is 5.91 Å². The van der Waals surface area contributed by atoms with Gasteiger partial charge in [0, 0.05) is 25.7 Å². The Hall–Kier alpha value is -1.10. The maximum absolute atomic E-state index is 11.9. The fraction of sp³-hybridized carbons (Fsp3) is 0.833. The highest BCUT2D eigenvalue weighted by Crippen LogP contribution is 2.44. The van der Waals surface area contributed by atoms with Crippen LogP contribution in [-0.2, 0) is 9.59 Å². The first-order valence-corrected chi connectivity index (χ1v) is 6.31. The number of carbonyl (C=O) groups excluding carboxylic acids is 2. The molecule has 2 amide bonds. The van der Waals surface area contributed by atoms with Gasteiger partial charge in [-0.3, -0.25) is 9.59 Å². The van der Waals surface area contributed by atoms with Crippen molar-refractivity contribution in [3.8, 4) is 0 Å². The Kier molecular flexibility index (Phi) is 3.38. The van der Waals surface area contributed by atoms with E-state index >= 15 is 0 Å². The van der Waals surface area contributed by atoms with Gasteiger partial charge in [0.1, 0.15) is 0 Å². The third-order valence-electron chi connectivity index (χ3n) is 3.64. The molecule has 1 unspecified atom stereocenters. The van der Waals surface area contributed by atoms with E-state index in [9.17, 15) is 9.59 Å². The summed E-state index contributed by atoms with van der Waals surface area (Å²) in [5.74, 6) is -0.820. The van der Waals surface area contributed by atoms with Crippen LogP contribution >= 0.6 is 0 Å². The topological polar surface area (TPSA) is 61.4 Å². The number of hydrogen-bond acceptors (Lipinski definition) is 3. The Balaban J connectivity index is 1.84. The van der Waals surface area contributed by atoms with E-state index in [0.29, 0.717) is 13.1 Å². The van der Waals surface area contributed by atoms with Gasteiger partial charge in [0.15, 0.2) is 0 Å². The molecule has 2 rings (SSSR count). The van der Waals surface area contributed by atoms with Crippen LogP contribution < -0.4 is 10.6 Å². The first-order chi connectivity index (χ1) is 8.00. The van der Waals surface area contributed by atoms with Gasteiger partial charge in [-0.05, 0) is 24.8 Å². The predicted octanol–water partition coefficient (Wildman–Crippen LogP) is -0.277. The highest BCUT2D eigenvalue weighted by Gasteiger charge is 2.47. The number of nitrogens with zero attached hydrogens (tertiary/aromatic N) is 1. The van der Waals surface area contributed by atoms with Crippen LogP contribution in [0, 0.1) is 5.41 Å². The van der Waals surface area contributed by atoms with Crippen LogP contribution in [0.15, 0.2) is 0 Å². The normalized spacial score (nSPS) is 27.2. The molecular formula is C12H21N3O2. The van der Waals surface area contributed by atoms with Crippen molar-refractivity contribution in [2.75, 3.05) is 26.2 Å². The molecular weight excluding hydrogens is 218 g/mol. The summed E-state index contributed by atoms with van der Waals surface area (Å²) in [6.07, 6.45) is 1.88. The highest BCUT2D eigenvalue weighted by molar-refractivity contribution is 6.35. The van der Waals surface area contributed by atoms with Crippen LogP contribution in [0.1, 0.15) is 26.7 Å². The lowest BCUT2D eigenvalue weighted by Crippen LogP contribution is -2.45. The van der Waals surface area contributed by atoms with Crippen LogP contribution in [0.3, 0.4) is 0 Å². The number of nitrogens with one attached hydrogen (secondary N) is 2. The Bertz CT molecular complexity index is 320. The molecule has 96 valence electrons. The molecule has 1 aliphatic heterocycles. The maximum atomic E-state index is 11.9. The minimum atomic E-state index is -0.442. The van der Waals surface area contributed by atoms with E-state index in [1.54, 1.807) is 4.90 Å². The standard InChI is InChI=1S/C12H21N3O2/c1-12(2)8-9(12)14-10(16)11(17)15-6-3-4-13-5-7-15/h9,13H,3-8H2,1-2H3,(H,14,16). The van der Waals surface area contributed by atoms with Crippen molar-refractivity contribution < 1.29 is 9.59 Å². The molecule has 1 atom stereocenters. The summed E-state index contributed by atoms with van der Waals surface area (Å²) in [6.45, 7) is 7.18. The molecule has 1 saturated carbocycles. The summed E-state index contributed by atoms with van der Waals surface area (Å²) >= 11 is 0. The van der Waals surface area contributed by atoms with E-state index in [-0.39, 0.29) is 17.4 Å². The predicted molar refractivity (Wildman–Crippen MR) is 64.4 cm³/mol. The first kappa shape index (κ1) is 12.4. The maximum Gasteiger partial charge on any atom is 0.311 e. The largest absolute Gasteiger partial charge is 0.345 e. The Labute approximate surface area is 102 Å². The minimum Gasteiger partial charge on any atom is -0.345 e. The van der Waals surface area contributed by atoms with Crippen molar-refractivity contribution in [1.29, 1.82) is 0 Å². The summed E-state index contributed by atoms with van der Waals surface area (Å²) in [7, 11) is 0. The van der Waals surface area contributed by atoms with Crippen LogP contribution in [0.2, 0.25) is 0 Å². The van der Waals surface area contributed by atoms with Crippen LogP contribution in [-0.4, -0.2) is 48.9 Å². The van der Waals surface area contributed by atoms with E-state index in [0.717, 1.165) is 25.9 Å². The van der Waals surface area contributed by atoms with E-state index in [1.165, 1.54) is 0 Å². The summed E-state index contributed by atoms with van der Waals surface area (Å²) < 4.78 is 0. The minimum absolute atomic E-state index is 0.163. The molecule has 0 radical (unpaired) electrons. The third kappa shape index (κ3) is 2.97. The molecule has 5 nitrogen and oxygen atoms in total. The third-order valence-corrected chi connectivity index (χ3v) is 3.64. The number of rotatable bonds is 1. The second-order valence-electron chi connectivity index (χ2n) is 5.61. The van der Waals surface area contributed by atoms with Gasteiger partial charge in [0.25, 0.3) is 0 Å². The number of amides is 2. The molecule has 1 saturated heterocycles. The smallest absolute Gasteiger partial charge is 0.311 e. The fourth-order valence-corrected chi connectivity index (χ4v) is 2.13. The molecule has 2 fully saturated rings. The second kappa shape index (κ2) is 4.64. The van der Waals surface area contributed by atoms with Crippen LogP contribution in [0.4, 0.5) is 0 Å². The van der Waals surface area contributed by atoms with Crippen molar-refractivity contribution in [3.63, 3.8) is 0 Å². The summed E-state index contributed by atoms with van der Waals surface area (Å²) in [5, 5.41) is 6.02. The van der Waals surface area contributed by atoms with Gasteiger partial charge in [-0.1, -0.05) is 13.8 Å². The summed E-state index contributed by atoms with van der Waals surface area (Å²) in [5.41, 5.74) is 0.163. The Morgan fingerprint density at radius 1 is 1.29 bits per heavy atom. The van der Waals surface area contributed by atoms with E-state index in [1.807, 2.05) is 0 Å². The van der Waals surface area contributed by atoms with Crippen molar-refractivity contribution in [3.05, 3.63) is 0 Å². The van der Waals surface area contributed by atoms with Gasteiger partial charge < -0.3 is 15.5 Å². The van der Waals surface area contributed by atoms with Crippen molar-refractivity contribution in [1.82, 2.24) is 15.5 Å². The van der Waals surface area contributed by atoms with Gasteiger partial charge in [0.2, 0.25) is 0 Å². The lowest BCUT2D eigenvalue weighted by molar-refractivity contribution is -0.145.